The number of hydrogen-bond donors (Lipinski definition) is 1. The van der Waals surface area contributed by atoms with Crippen LogP contribution in [0.15, 0.2) is 59.7 Å². The van der Waals surface area contributed by atoms with E-state index in [-0.39, 0.29) is 11.5 Å². The molecule has 0 spiro atoms. The fourth-order valence-electron chi connectivity index (χ4n) is 4.35. The number of benzene rings is 2. The van der Waals surface area contributed by atoms with Crippen LogP contribution >= 0.6 is 11.3 Å². The molecule has 3 aromatic heterocycles. The van der Waals surface area contributed by atoms with Crippen molar-refractivity contribution in [3.8, 4) is 5.69 Å². The summed E-state index contributed by atoms with van der Waals surface area (Å²) in [5.74, 6) is 0.592. The Kier molecular flexibility index (Phi) is 4.22. The average molecular weight is 442 g/mol. The van der Waals surface area contributed by atoms with Gasteiger partial charge >= 0.3 is 0 Å². The van der Waals surface area contributed by atoms with Crippen molar-refractivity contribution in [2.75, 3.05) is 5.32 Å². The number of thiophene rings is 1. The fraction of sp³-hybridized carbons (Fsp3) is 0.167. The molecule has 1 amide bonds. The topological polar surface area (TPSA) is 81.8 Å². The van der Waals surface area contributed by atoms with Gasteiger partial charge in [0.2, 0.25) is 0 Å². The van der Waals surface area contributed by atoms with Crippen molar-refractivity contribution in [1.82, 2.24) is 19.1 Å². The summed E-state index contributed by atoms with van der Waals surface area (Å²) in [6, 6.07) is 15.6. The van der Waals surface area contributed by atoms with Crippen LogP contribution in [0.1, 0.15) is 27.5 Å². The van der Waals surface area contributed by atoms with Crippen molar-refractivity contribution in [2.45, 2.75) is 26.3 Å². The van der Waals surface area contributed by atoms with Crippen molar-refractivity contribution in [3.05, 3.63) is 81.5 Å². The van der Waals surface area contributed by atoms with Gasteiger partial charge in [0.25, 0.3) is 11.5 Å². The first-order valence-electron chi connectivity index (χ1n) is 10.5. The van der Waals surface area contributed by atoms with Gasteiger partial charge in [-0.15, -0.1) is 11.3 Å². The molecule has 1 N–H and O–H groups in total. The van der Waals surface area contributed by atoms with Crippen molar-refractivity contribution in [2.24, 2.45) is 0 Å². The van der Waals surface area contributed by atoms with E-state index in [4.69, 9.17) is 0 Å². The number of carbonyl (C=O) groups is 1. The Morgan fingerprint density at radius 1 is 1.12 bits per heavy atom. The van der Waals surface area contributed by atoms with E-state index in [1.54, 1.807) is 10.9 Å². The molecular formula is C24H19N5O2S. The maximum atomic E-state index is 13.0. The lowest BCUT2D eigenvalue weighted by atomic mass is 10.2. The Bertz CT molecular complexity index is 1580. The summed E-state index contributed by atoms with van der Waals surface area (Å²) < 4.78 is 3.75. The van der Waals surface area contributed by atoms with Crippen LogP contribution in [0.25, 0.3) is 26.9 Å². The maximum Gasteiger partial charge on any atom is 0.266 e. The van der Waals surface area contributed by atoms with Crippen molar-refractivity contribution in [1.29, 1.82) is 0 Å². The number of aromatic nitrogens is 4. The minimum absolute atomic E-state index is 0.0350. The van der Waals surface area contributed by atoms with Gasteiger partial charge in [0.05, 0.1) is 21.3 Å². The van der Waals surface area contributed by atoms with Crippen LogP contribution in [-0.2, 0) is 13.0 Å². The molecule has 0 aliphatic carbocycles. The number of imidazole rings is 1. The molecule has 1 aliphatic heterocycles. The summed E-state index contributed by atoms with van der Waals surface area (Å²) >= 11 is 1.29. The predicted molar refractivity (Wildman–Crippen MR) is 126 cm³/mol. The Morgan fingerprint density at radius 3 is 2.78 bits per heavy atom. The van der Waals surface area contributed by atoms with Crippen LogP contribution in [-0.4, -0.2) is 25.0 Å². The van der Waals surface area contributed by atoms with E-state index in [9.17, 15) is 9.59 Å². The lowest BCUT2D eigenvalue weighted by Gasteiger charge is -2.08. The summed E-state index contributed by atoms with van der Waals surface area (Å²) in [6.45, 7) is 2.53. The first kappa shape index (κ1) is 18.9. The summed E-state index contributed by atoms with van der Waals surface area (Å²) in [7, 11) is 0. The van der Waals surface area contributed by atoms with E-state index in [0.29, 0.717) is 32.9 Å². The molecule has 0 unspecified atom stereocenters. The normalized spacial score (nSPS) is 13.0. The summed E-state index contributed by atoms with van der Waals surface area (Å²) in [5, 5.41) is 3.52. The molecule has 5 aromatic rings. The van der Waals surface area contributed by atoms with Crippen LogP contribution in [0.4, 0.5) is 5.69 Å². The van der Waals surface area contributed by atoms with E-state index in [1.807, 2.05) is 60.0 Å². The number of carbonyl (C=O) groups excluding carboxylic acids is 1. The molecule has 7 nitrogen and oxygen atoms in total. The third kappa shape index (κ3) is 2.87. The molecule has 6 rings (SSSR count). The summed E-state index contributed by atoms with van der Waals surface area (Å²) in [4.78, 5) is 36.1. The highest BCUT2D eigenvalue weighted by molar-refractivity contribution is 7.20. The van der Waals surface area contributed by atoms with Gasteiger partial charge in [-0.1, -0.05) is 12.1 Å². The molecule has 0 radical (unpaired) electrons. The molecule has 1 aliphatic rings. The molecule has 8 heteroatoms. The molecular weight excluding hydrogens is 422 g/mol. The van der Waals surface area contributed by atoms with E-state index < -0.39 is 0 Å². The standard InChI is InChI=1S/C24H19N5O2S/c1-14-20-23(27-19-7-4-12-28(19)24(20)31)32-21(14)22(30)26-15-8-10-16(11-9-15)29-13-25-17-5-2-3-6-18(17)29/h2-3,5-6,8-11,13H,4,7,12H2,1H3,(H,26,30). The largest absolute Gasteiger partial charge is 0.321 e. The van der Waals surface area contributed by atoms with Crippen LogP contribution in [0, 0.1) is 6.92 Å². The summed E-state index contributed by atoms with van der Waals surface area (Å²) in [5.41, 5.74) is 4.26. The SMILES string of the molecule is Cc1c(C(=O)Nc2ccc(-n3cnc4ccccc43)cc2)sc2nc3n(c(=O)c12)CCC3. The summed E-state index contributed by atoms with van der Waals surface area (Å²) in [6.07, 6.45) is 3.54. The zero-order valence-corrected chi connectivity index (χ0v) is 18.1. The number of para-hydroxylation sites is 2. The Balaban J connectivity index is 1.30. The van der Waals surface area contributed by atoms with Crippen LogP contribution in [0.5, 0.6) is 0 Å². The van der Waals surface area contributed by atoms with E-state index >= 15 is 0 Å². The number of aryl methyl sites for hydroxylation is 2. The predicted octanol–water partition coefficient (Wildman–Crippen LogP) is 4.30. The molecule has 158 valence electrons. The Labute approximate surface area is 187 Å². The number of rotatable bonds is 3. The van der Waals surface area contributed by atoms with Gasteiger partial charge in [0, 0.05) is 24.3 Å². The first-order chi connectivity index (χ1) is 15.6. The van der Waals surface area contributed by atoms with Gasteiger partial charge in [0.1, 0.15) is 17.0 Å². The van der Waals surface area contributed by atoms with Crippen molar-refractivity contribution in [3.63, 3.8) is 0 Å². The van der Waals surface area contributed by atoms with E-state index in [0.717, 1.165) is 35.4 Å². The van der Waals surface area contributed by atoms with Crippen molar-refractivity contribution >= 4 is 44.2 Å². The van der Waals surface area contributed by atoms with Crippen molar-refractivity contribution < 1.29 is 4.79 Å². The highest BCUT2D eigenvalue weighted by Crippen LogP contribution is 2.29. The molecule has 32 heavy (non-hydrogen) atoms. The number of hydrogen-bond acceptors (Lipinski definition) is 5. The monoisotopic (exact) mass is 441 g/mol. The second kappa shape index (κ2) is 7.13. The smallest absolute Gasteiger partial charge is 0.266 e. The van der Waals surface area contributed by atoms with Gasteiger partial charge in [-0.3, -0.25) is 18.7 Å². The quantitative estimate of drug-likeness (QED) is 0.453. The minimum atomic E-state index is -0.226. The molecule has 0 fully saturated rings. The second-order valence-electron chi connectivity index (χ2n) is 7.93. The van der Waals surface area contributed by atoms with Gasteiger partial charge in [-0.25, -0.2) is 9.97 Å². The van der Waals surface area contributed by atoms with Gasteiger partial charge in [-0.2, -0.15) is 0 Å². The Morgan fingerprint density at radius 2 is 1.94 bits per heavy atom. The molecule has 0 saturated carbocycles. The second-order valence-corrected chi connectivity index (χ2v) is 8.93. The van der Waals surface area contributed by atoms with Gasteiger partial charge in [-0.05, 0) is 55.3 Å². The van der Waals surface area contributed by atoms with E-state index in [2.05, 4.69) is 15.3 Å². The molecule has 0 saturated heterocycles. The number of nitrogens with zero attached hydrogens (tertiary/aromatic N) is 4. The number of fused-ring (bicyclic) bond motifs is 3. The van der Waals surface area contributed by atoms with E-state index in [1.165, 1.54) is 11.3 Å². The zero-order valence-electron chi connectivity index (χ0n) is 17.3. The lowest BCUT2D eigenvalue weighted by Crippen LogP contribution is -2.20. The molecule has 0 bridgehead atoms. The highest BCUT2D eigenvalue weighted by atomic mass is 32.1. The maximum absolute atomic E-state index is 13.0. The number of amides is 1. The lowest BCUT2D eigenvalue weighted by molar-refractivity contribution is 0.103. The van der Waals surface area contributed by atoms with Gasteiger partial charge < -0.3 is 5.32 Å². The number of anilines is 1. The average Bonchev–Trinajstić information content (AvgIpc) is 3.52. The van der Waals surface area contributed by atoms with Crippen LogP contribution < -0.4 is 10.9 Å². The van der Waals surface area contributed by atoms with Crippen LogP contribution in [0.3, 0.4) is 0 Å². The van der Waals surface area contributed by atoms with Gasteiger partial charge in [0.15, 0.2) is 0 Å². The zero-order chi connectivity index (χ0) is 21.8. The first-order valence-corrected chi connectivity index (χ1v) is 11.3. The third-order valence-corrected chi connectivity index (χ3v) is 7.16. The minimum Gasteiger partial charge on any atom is -0.321 e. The van der Waals surface area contributed by atoms with Crippen LogP contribution in [0.2, 0.25) is 0 Å². The third-order valence-electron chi connectivity index (χ3n) is 5.97. The number of nitrogens with one attached hydrogen (secondary N) is 1. The molecule has 2 aromatic carbocycles. The molecule has 0 atom stereocenters. The fourth-order valence-corrected chi connectivity index (χ4v) is 5.44. The highest BCUT2D eigenvalue weighted by Gasteiger charge is 2.23. The Hall–Kier alpha value is -3.78. The molecule has 4 heterocycles.